The molecule has 1 fully saturated rings. The Morgan fingerprint density at radius 1 is 1.33 bits per heavy atom. The van der Waals surface area contributed by atoms with Crippen molar-refractivity contribution < 1.29 is 0 Å². The zero-order valence-corrected chi connectivity index (χ0v) is 11.5. The van der Waals surface area contributed by atoms with Gasteiger partial charge in [0.25, 0.3) is 0 Å². The van der Waals surface area contributed by atoms with Gasteiger partial charge >= 0.3 is 0 Å². The lowest BCUT2D eigenvalue weighted by Crippen LogP contribution is -2.19. The molecule has 1 saturated carbocycles. The number of rotatable bonds is 3. The molecule has 1 heterocycles. The molecule has 0 radical (unpaired) electrons. The summed E-state index contributed by atoms with van der Waals surface area (Å²) in [6.07, 6.45) is 4.78. The zero-order valence-electron chi connectivity index (χ0n) is 11.5. The molecule has 0 atom stereocenters. The second-order valence-corrected chi connectivity index (χ2v) is 6.07. The highest BCUT2D eigenvalue weighted by atomic mass is 14.9. The van der Waals surface area contributed by atoms with E-state index in [0.717, 1.165) is 6.54 Å². The van der Waals surface area contributed by atoms with Crippen LogP contribution in [0.5, 0.6) is 0 Å². The highest BCUT2D eigenvalue weighted by molar-refractivity contribution is 5.86. The van der Waals surface area contributed by atoms with Gasteiger partial charge in [0.15, 0.2) is 0 Å². The van der Waals surface area contributed by atoms with Crippen LogP contribution in [0.2, 0.25) is 0 Å². The summed E-state index contributed by atoms with van der Waals surface area (Å²) in [5.41, 5.74) is 10.5. The molecule has 0 bridgehead atoms. The molecule has 0 unspecified atom stereocenters. The Morgan fingerprint density at radius 2 is 2.06 bits per heavy atom. The Kier molecular flexibility index (Phi) is 2.53. The zero-order chi connectivity index (χ0) is 12.9. The average Bonchev–Trinajstić information content (AvgIpc) is 3.09. The minimum absolute atomic E-state index is 0.273. The standard InChI is InChI=1S/C16H22N2/c1-11(2)12-4-5-15-13(8-12)14(9-18(15)3)16(10-17)6-7-16/h4-5,8-9,11H,6-7,10,17H2,1-3H3. The first-order valence-electron chi connectivity index (χ1n) is 6.87. The molecule has 0 aliphatic heterocycles. The minimum Gasteiger partial charge on any atom is -0.350 e. The molecule has 2 N–H and O–H groups in total. The van der Waals surface area contributed by atoms with E-state index in [1.807, 2.05) is 0 Å². The third kappa shape index (κ3) is 1.59. The van der Waals surface area contributed by atoms with Gasteiger partial charge in [-0.25, -0.2) is 0 Å². The summed E-state index contributed by atoms with van der Waals surface area (Å²) in [5, 5.41) is 1.41. The van der Waals surface area contributed by atoms with Gasteiger partial charge in [-0.15, -0.1) is 0 Å². The van der Waals surface area contributed by atoms with Crippen LogP contribution < -0.4 is 5.73 Å². The van der Waals surface area contributed by atoms with Crippen molar-refractivity contribution >= 4 is 10.9 Å². The van der Waals surface area contributed by atoms with E-state index in [1.54, 1.807) is 0 Å². The molecule has 1 aliphatic carbocycles. The second-order valence-electron chi connectivity index (χ2n) is 6.07. The molecule has 0 spiro atoms. The molecular formula is C16H22N2. The molecule has 1 aliphatic rings. The number of hydrogen-bond acceptors (Lipinski definition) is 1. The second kappa shape index (κ2) is 3.86. The Morgan fingerprint density at radius 3 is 2.61 bits per heavy atom. The molecule has 1 aromatic carbocycles. The predicted octanol–water partition coefficient (Wildman–Crippen LogP) is 3.29. The maximum atomic E-state index is 5.99. The van der Waals surface area contributed by atoms with Crippen LogP contribution in [0.4, 0.5) is 0 Å². The molecule has 0 saturated heterocycles. The molecule has 3 rings (SSSR count). The maximum absolute atomic E-state index is 5.99. The lowest BCUT2D eigenvalue weighted by Gasteiger charge is -2.12. The fraction of sp³-hybridized carbons (Fsp3) is 0.500. The van der Waals surface area contributed by atoms with E-state index < -0.39 is 0 Å². The van der Waals surface area contributed by atoms with Crippen LogP contribution >= 0.6 is 0 Å². The van der Waals surface area contributed by atoms with Crippen molar-refractivity contribution in [2.24, 2.45) is 12.8 Å². The van der Waals surface area contributed by atoms with E-state index in [4.69, 9.17) is 5.73 Å². The summed E-state index contributed by atoms with van der Waals surface area (Å²) < 4.78 is 2.24. The summed E-state index contributed by atoms with van der Waals surface area (Å²) in [4.78, 5) is 0. The van der Waals surface area contributed by atoms with Crippen LogP contribution in [0.1, 0.15) is 43.7 Å². The van der Waals surface area contributed by atoms with Crippen LogP contribution in [0, 0.1) is 0 Å². The minimum atomic E-state index is 0.273. The van der Waals surface area contributed by atoms with E-state index in [9.17, 15) is 0 Å². The fourth-order valence-corrected chi connectivity index (χ4v) is 2.93. The van der Waals surface area contributed by atoms with Gasteiger partial charge in [-0.3, -0.25) is 0 Å². The molecule has 2 heteroatoms. The van der Waals surface area contributed by atoms with Crippen LogP contribution in [0.25, 0.3) is 10.9 Å². The topological polar surface area (TPSA) is 30.9 Å². The first-order chi connectivity index (χ1) is 8.57. The third-order valence-corrected chi connectivity index (χ3v) is 4.50. The molecule has 96 valence electrons. The molecular weight excluding hydrogens is 220 g/mol. The van der Waals surface area contributed by atoms with Crippen LogP contribution in [-0.4, -0.2) is 11.1 Å². The number of aromatic nitrogens is 1. The van der Waals surface area contributed by atoms with Crippen molar-refractivity contribution in [3.63, 3.8) is 0 Å². The van der Waals surface area contributed by atoms with Gasteiger partial charge in [0.2, 0.25) is 0 Å². The third-order valence-electron chi connectivity index (χ3n) is 4.50. The van der Waals surface area contributed by atoms with E-state index in [2.05, 4.69) is 49.9 Å². The molecule has 2 nitrogen and oxygen atoms in total. The average molecular weight is 242 g/mol. The molecule has 0 amide bonds. The first-order valence-corrected chi connectivity index (χ1v) is 6.87. The Bertz CT molecular complexity index is 588. The van der Waals surface area contributed by atoms with E-state index in [-0.39, 0.29) is 5.41 Å². The van der Waals surface area contributed by atoms with Gasteiger partial charge in [-0.05, 0) is 42.0 Å². The SMILES string of the molecule is CC(C)c1ccc2c(c1)c(C1(CN)CC1)cn2C. The summed E-state index contributed by atoms with van der Waals surface area (Å²) >= 11 is 0. The number of aryl methyl sites for hydroxylation is 1. The smallest absolute Gasteiger partial charge is 0.0480 e. The number of hydrogen-bond donors (Lipinski definition) is 1. The number of nitrogens with zero attached hydrogens (tertiary/aromatic N) is 1. The predicted molar refractivity (Wildman–Crippen MR) is 77.0 cm³/mol. The van der Waals surface area contributed by atoms with Crippen molar-refractivity contribution in [2.75, 3.05) is 6.54 Å². The fourth-order valence-electron chi connectivity index (χ4n) is 2.93. The van der Waals surface area contributed by atoms with Gasteiger partial charge in [0.05, 0.1) is 0 Å². The number of benzene rings is 1. The highest BCUT2D eigenvalue weighted by Crippen LogP contribution is 2.50. The largest absolute Gasteiger partial charge is 0.350 e. The van der Waals surface area contributed by atoms with E-state index >= 15 is 0 Å². The van der Waals surface area contributed by atoms with Gasteiger partial charge in [-0.2, -0.15) is 0 Å². The van der Waals surface area contributed by atoms with Crippen molar-refractivity contribution in [3.05, 3.63) is 35.5 Å². The summed E-state index contributed by atoms with van der Waals surface area (Å²) in [6.45, 7) is 5.28. The number of fused-ring (bicyclic) bond motifs is 1. The van der Waals surface area contributed by atoms with E-state index in [1.165, 1.54) is 34.9 Å². The molecule has 2 aromatic rings. The van der Waals surface area contributed by atoms with Crippen molar-refractivity contribution in [1.82, 2.24) is 4.57 Å². The first kappa shape index (κ1) is 11.8. The highest BCUT2D eigenvalue weighted by Gasteiger charge is 2.44. The van der Waals surface area contributed by atoms with Crippen LogP contribution in [0.3, 0.4) is 0 Å². The lowest BCUT2D eigenvalue weighted by molar-refractivity contribution is 0.706. The van der Waals surface area contributed by atoms with E-state index in [0.29, 0.717) is 5.92 Å². The van der Waals surface area contributed by atoms with Crippen LogP contribution in [-0.2, 0) is 12.5 Å². The van der Waals surface area contributed by atoms with Crippen molar-refractivity contribution in [3.8, 4) is 0 Å². The Balaban J connectivity index is 2.22. The normalized spacial score (nSPS) is 17.6. The Hall–Kier alpha value is -1.28. The lowest BCUT2D eigenvalue weighted by atomic mass is 9.93. The van der Waals surface area contributed by atoms with Gasteiger partial charge in [0, 0.05) is 36.1 Å². The molecule has 18 heavy (non-hydrogen) atoms. The summed E-state index contributed by atoms with van der Waals surface area (Å²) in [7, 11) is 2.13. The monoisotopic (exact) mass is 242 g/mol. The van der Waals surface area contributed by atoms with Gasteiger partial charge < -0.3 is 10.3 Å². The number of nitrogens with two attached hydrogens (primary N) is 1. The van der Waals surface area contributed by atoms with Crippen molar-refractivity contribution in [2.45, 2.75) is 38.0 Å². The summed E-state index contributed by atoms with van der Waals surface area (Å²) in [6, 6.07) is 6.87. The maximum Gasteiger partial charge on any atom is 0.0480 e. The van der Waals surface area contributed by atoms with Gasteiger partial charge in [-0.1, -0.05) is 19.9 Å². The van der Waals surface area contributed by atoms with Crippen molar-refractivity contribution in [1.29, 1.82) is 0 Å². The quantitative estimate of drug-likeness (QED) is 0.879. The Labute approximate surface area is 109 Å². The molecule has 1 aromatic heterocycles. The summed E-state index contributed by atoms with van der Waals surface area (Å²) in [5.74, 6) is 0.579. The van der Waals surface area contributed by atoms with Gasteiger partial charge in [0.1, 0.15) is 0 Å². The van der Waals surface area contributed by atoms with Crippen LogP contribution in [0.15, 0.2) is 24.4 Å².